The molecule has 0 radical (unpaired) electrons. The summed E-state index contributed by atoms with van der Waals surface area (Å²) in [5, 5.41) is 4.78. The van der Waals surface area contributed by atoms with Gasteiger partial charge in [0.15, 0.2) is 5.82 Å². The third kappa shape index (κ3) is 4.89. The minimum atomic E-state index is 0.111. The first-order valence-electron chi connectivity index (χ1n) is 15.0. The molecule has 0 fully saturated rings. The summed E-state index contributed by atoms with van der Waals surface area (Å²) in [4.78, 5) is 14.9. The van der Waals surface area contributed by atoms with E-state index in [4.69, 9.17) is 9.97 Å². The summed E-state index contributed by atoms with van der Waals surface area (Å²) in [5.74, 6) is 0.857. The number of aromatic nitrogens is 3. The average Bonchev–Trinajstić information content (AvgIpc) is 3.12. The summed E-state index contributed by atoms with van der Waals surface area (Å²) in [6.07, 6.45) is 11.4. The summed E-state index contributed by atoms with van der Waals surface area (Å²) >= 11 is 0. The molecule has 0 saturated carbocycles. The van der Waals surface area contributed by atoms with Crippen LogP contribution in [0.5, 0.6) is 0 Å². The van der Waals surface area contributed by atoms with Gasteiger partial charge in [-0.1, -0.05) is 121 Å². The predicted molar refractivity (Wildman–Crippen MR) is 182 cm³/mol. The zero-order valence-electron chi connectivity index (χ0n) is 24.1. The van der Waals surface area contributed by atoms with E-state index in [2.05, 4.69) is 145 Å². The van der Waals surface area contributed by atoms with Crippen molar-refractivity contribution < 1.29 is 0 Å². The van der Waals surface area contributed by atoms with Gasteiger partial charge in [-0.2, -0.15) is 0 Å². The van der Waals surface area contributed by atoms with Crippen LogP contribution in [0.25, 0.3) is 60.9 Å². The van der Waals surface area contributed by atoms with Crippen LogP contribution in [0.1, 0.15) is 23.6 Å². The summed E-state index contributed by atoms with van der Waals surface area (Å²) in [5.41, 5.74) is 8.68. The fourth-order valence-electron chi connectivity index (χ4n) is 6.27. The van der Waals surface area contributed by atoms with Crippen molar-refractivity contribution in [1.82, 2.24) is 15.0 Å². The number of nitrogens with zero attached hydrogens (tertiary/aromatic N) is 3. The van der Waals surface area contributed by atoms with Crippen molar-refractivity contribution in [2.45, 2.75) is 12.3 Å². The van der Waals surface area contributed by atoms with E-state index in [1.807, 2.05) is 18.5 Å². The smallest absolute Gasteiger partial charge is 0.160 e. The molecule has 8 rings (SSSR count). The lowest BCUT2D eigenvalue weighted by molar-refractivity contribution is 0.814. The molecule has 1 aliphatic carbocycles. The van der Waals surface area contributed by atoms with E-state index in [-0.39, 0.29) is 5.92 Å². The Kier molecular flexibility index (Phi) is 6.62. The normalized spacial score (nSPS) is 14.5. The number of hydrogen-bond acceptors (Lipinski definition) is 3. The van der Waals surface area contributed by atoms with Crippen LogP contribution in [0.15, 0.2) is 158 Å². The summed E-state index contributed by atoms with van der Waals surface area (Å²) in [7, 11) is 0. The number of hydrogen-bond donors (Lipinski definition) is 0. The quantitative estimate of drug-likeness (QED) is 0.196. The largest absolute Gasteiger partial charge is 0.264 e. The second-order valence-corrected chi connectivity index (χ2v) is 11.2. The second-order valence-electron chi connectivity index (χ2n) is 11.2. The number of allylic oxidation sites excluding steroid dienone is 4. The zero-order chi connectivity index (χ0) is 29.3. The molecule has 0 bridgehead atoms. The molecule has 2 aromatic heterocycles. The molecular formula is C41H29N3. The Morgan fingerprint density at radius 1 is 0.568 bits per heavy atom. The fraction of sp³-hybridized carbons (Fsp3) is 0.0488. The van der Waals surface area contributed by atoms with Gasteiger partial charge in [0.25, 0.3) is 0 Å². The van der Waals surface area contributed by atoms with Gasteiger partial charge in [-0.15, -0.1) is 0 Å². The van der Waals surface area contributed by atoms with Gasteiger partial charge in [-0.05, 0) is 74.5 Å². The van der Waals surface area contributed by atoms with Gasteiger partial charge < -0.3 is 0 Å². The number of pyridine rings is 1. The minimum Gasteiger partial charge on any atom is -0.264 e. The van der Waals surface area contributed by atoms with Crippen molar-refractivity contribution in [3.05, 3.63) is 169 Å². The van der Waals surface area contributed by atoms with E-state index in [1.165, 1.54) is 32.9 Å². The third-order valence-corrected chi connectivity index (χ3v) is 8.46. The van der Waals surface area contributed by atoms with Crippen molar-refractivity contribution in [3.8, 4) is 33.8 Å². The first-order valence-corrected chi connectivity index (χ1v) is 15.0. The zero-order valence-corrected chi connectivity index (χ0v) is 24.1. The number of fused-ring (bicyclic) bond motifs is 3. The third-order valence-electron chi connectivity index (χ3n) is 8.46. The van der Waals surface area contributed by atoms with E-state index >= 15 is 0 Å². The maximum atomic E-state index is 5.31. The molecule has 0 spiro atoms. The maximum Gasteiger partial charge on any atom is 0.160 e. The highest BCUT2D eigenvalue weighted by molar-refractivity contribution is 6.13. The summed E-state index contributed by atoms with van der Waals surface area (Å²) in [6, 6.07) is 44.9. The van der Waals surface area contributed by atoms with Crippen LogP contribution >= 0.6 is 0 Å². The summed E-state index contributed by atoms with van der Waals surface area (Å²) < 4.78 is 0. The minimum absolute atomic E-state index is 0.111. The van der Waals surface area contributed by atoms with Crippen molar-refractivity contribution >= 4 is 27.1 Å². The Morgan fingerprint density at radius 3 is 2.18 bits per heavy atom. The topological polar surface area (TPSA) is 38.7 Å². The molecule has 0 amide bonds. The van der Waals surface area contributed by atoms with Crippen molar-refractivity contribution in [3.63, 3.8) is 0 Å². The van der Waals surface area contributed by atoms with Crippen LogP contribution in [0, 0.1) is 0 Å². The lowest BCUT2D eigenvalue weighted by Gasteiger charge is -2.19. The van der Waals surface area contributed by atoms with Gasteiger partial charge in [0.2, 0.25) is 0 Å². The Morgan fingerprint density at radius 2 is 1.32 bits per heavy atom. The standard InChI is InChI=1S/C41H29N3/c1-2-11-28(12-3-1)29-14-8-16-32(23-29)39-26-40(33-17-9-15-30(24-33)34-18-10-22-42-27-34)44-41(43-39)38-25-31-13-4-5-19-35(31)36-20-6-7-21-37(36)38/h1-16,18-27,33H,17H2. The van der Waals surface area contributed by atoms with Crippen LogP contribution in [-0.2, 0) is 0 Å². The molecule has 0 aliphatic heterocycles. The highest BCUT2D eigenvalue weighted by Crippen LogP contribution is 2.37. The van der Waals surface area contributed by atoms with E-state index in [9.17, 15) is 0 Å². The summed E-state index contributed by atoms with van der Waals surface area (Å²) in [6.45, 7) is 0. The van der Waals surface area contributed by atoms with Crippen LogP contribution < -0.4 is 0 Å². The van der Waals surface area contributed by atoms with Crippen molar-refractivity contribution in [2.24, 2.45) is 0 Å². The number of benzene rings is 5. The van der Waals surface area contributed by atoms with Gasteiger partial charge in [0, 0.05) is 29.4 Å². The molecule has 1 aliphatic rings. The molecule has 7 aromatic rings. The van der Waals surface area contributed by atoms with E-state index in [0.29, 0.717) is 0 Å². The van der Waals surface area contributed by atoms with Gasteiger partial charge in [0.1, 0.15) is 0 Å². The monoisotopic (exact) mass is 563 g/mol. The number of rotatable bonds is 5. The van der Waals surface area contributed by atoms with E-state index in [1.54, 1.807) is 0 Å². The maximum absolute atomic E-state index is 5.31. The van der Waals surface area contributed by atoms with Crippen LogP contribution in [0.4, 0.5) is 0 Å². The molecule has 3 nitrogen and oxygen atoms in total. The predicted octanol–water partition coefficient (Wildman–Crippen LogP) is 10.3. The van der Waals surface area contributed by atoms with Crippen LogP contribution in [0.2, 0.25) is 0 Å². The van der Waals surface area contributed by atoms with E-state index in [0.717, 1.165) is 45.7 Å². The molecule has 1 atom stereocenters. The molecule has 44 heavy (non-hydrogen) atoms. The Labute approximate surface area is 256 Å². The molecule has 0 saturated heterocycles. The molecule has 208 valence electrons. The highest BCUT2D eigenvalue weighted by atomic mass is 14.9. The SMILES string of the molecule is C1=CC(c2cccnc2)=CC(c2cc(-c3cccc(-c4ccccc4)c3)nc(-c3cc4ccccc4c4ccccc34)n2)C1. The lowest BCUT2D eigenvalue weighted by atomic mass is 9.89. The van der Waals surface area contributed by atoms with Gasteiger partial charge in [-0.25, -0.2) is 9.97 Å². The Bertz CT molecular complexity index is 2200. The van der Waals surface area contributed by atoms with Gasteiger partial charge in [0.05, 0.1) is 11.4 Å². The molecule has 3 heteroatoms. The van der Waals surface area contributed by atoms with Crippen molar-refractivity contribution in [2.75, 3.05) is 0 Å². The Hall–Kier alpha value is -5.67. The van der Waals surface area contributed by atoms with Crippen molar-refractivity contribution in [1.29, 1.82) is 0 Å². The van der Waals surface area contributed by atoms with Gasteiger partial charge >= 0.3 is 0 Å². The van der Waals surface area contributed by atoms with Crippen LogP contribution in [0.3, 0.4) is 0 Å². The molecule has 2 heterocycles. The molecular weight excluding hydrogens is 534 g/mol. The molecule has 0 N–H and O–H groups in total. The van der Waals surface area contributed by atoms with Crippen LogP contribution in [-0.4, -0.2) is 15.0 Å². The average molecular weight is 564 g/mol. The molecule has 5 aromatic carbocycles. The second kappa shape index (κ2) is 11.2. The highest BCUT2D eigenvalue weighted by Gasteiger charge is 2.20. The van der Waals surface area contributed by atoms with Gasteiger partial charge in [-0.3, -0.25) is 4.98 Å². The molecule has 1 unspecified atom stereocenters. The Balaban J connectivity index is 1.34. The van der Waals surface area contributed by atoms with E-state index < -0.39 is 0 Å². The lowest BCUT2D eigenvalue weighted by Crippen LogP contribution is -2.05. The first kappa shape index (κ1) is 26.0. The first-order chi connectivity index (χ1) is 21.8. The fourth-order valence-corrected chi connectivity index (χ4v) is 6.27.